The van der Waals surface area contributed by atoms with E-state index in [9.17, 15) is 0 Å². The molecule has 2 atom stereocenters. The minimum atomic E-state index is 0.0968. The lowest BCUT2D eigenvalue weighted by molar-refractivity contribution is 0.123. The smallest absolute Gasteiger partial charge is 0.196 e. The standard InChI is InChI=1S/C14H18N4/c1-9-6-10(8-15)7-11-12(9)17-13(16)18(11)14(2)4-3-5-14/h6-7,9,12H,3-5H2,1-2H3,(H2,16,17). The second-order valence-corrected chi connectivity index (χ2v) is 5.78. The number of nitrogens with two attached hydrogens (primary N) is 1. The minimum Gasteiger partial charge on any atom is -0.369 e. The molecule has 3 aliphatic rings. The molecule has 0 spiro atoms. The lowest BCUT2D eigenvalue weighted by Gasteiger charge is -2.48. The van der Waals surface area contributed by atoms with Gasteiger partial charge in [-0.2, -0.15) is 5.26 Å². The number of nitriles is 1. The van der Waals surface area contributed by atoms with E-state index in [2.05, 4.69) is 29.8 Å². The summed E-state index contributed by atoms with van der Waals surface area (Å²) in [5, 5.41) is 9.10. The molecule has 4 nitrogen and oxygen atoms in total. The molecule has 18 heavy (non-hydrogen) atoms. The van der Waals surface area contributed by atoms with Crippen LogP contribution < -0.4 is 5.73 Å². The molecule has 0 radical (unpaired) electrons. The highest BCUT2D eigenvalue weighted by atomic mass is 15.4. The molecule has 1 aliphatic heterocycles. The third-order valence-corrected chi connectivity index (χ3v) is 4.41. The maximum absolute atomic E-state index is 9.10. The van der Waals surface area contributed by atoms with Crippen LogP contribution in [0.15, 0.2) is 28.4 Å². The first kappa shape index (κ1) is 11.3. The van der Waals surface area contributed by atoms with E-state index in [1.54, 1.807) is 0 Å². The third-order valence-electron chi connectivity index (χ3n) is 4.41. The van der Waals surface area contributed by atoms with Gasteiger partial charge in [-0.25, -0.2) is 4.99 Å². The lowest BCUT2D eigenvalue weighted by atomic mass is 9.76. The minimum absolute atomic E-state index is 0.0968. The molecule has 1 fully saturated rings. The van der Waals surface area contributed by atoms with Crippen molar-refractivity contribution in [2.24, 2.45) is 16.6 Å². The molecular formula is C14H18N4. The van der Waals surface area contributed by atoms with Crippen molar-refractivity contribution < 1.29 is 0 Å². The van der Waals surface area contributed by atoms with Crippen molar-refractivity contribution >= 4 is 5.96 Å². The number of allylic oxidation sites excluding steroid dienone is 2. The first-order valence-corrected chi connectivity index (χ1v) is 6.52. The van der Waals surface area contributed by atoms with Crippen LogP contribution in [0, 0.1) is 17.2 Å². The maximum Gasteiger partial charge on any atom is 0.196 e. The molecule has 1 heterocycles. The molecule has 4 heteroatoms. The second kappa shape index (κ2) is 3.61. The summed E-state index contributed by atoms with van der Waals surface area (Å²) in [5.41, 5.74) is 8.06. The normalized spacial score (nSPS) is 32.7. The molecule has 2 N–H and O–H groups in total. The Bertz CT molecular complexity index is 516. The number of fused-ring (bicyclic) bond motifs is 1. The zero-order chi connectivity index (χ0) is 12.9. The van der Waals surface area contributed by atoms with Gasteiger partial charge in [-0.05, 0) is 32.3 Å². The molecule has 2 aliphatic carbocycles. The zero-order valence-corrected chi connectivity index (χ0v) is 10.8. The summed E-state index contributed by atoms with van der Waals surface area (Å²) in [4.78, 5) is 6.76. The van der Waals surface area contributed by atoms with E-state index >= 15 is 0 Å². The number of nitrogens with zero attached hydrogens (tertiary/aromatic N) is 3. The number of hydrogen-bond acceptors (Lipinski definition) is 4. The van der Waals surface area contributed by atoms with Crippen molar-refractivity contribution in [1.82, 2.24) is 4.90 Å². The fraction of sp³-hybridized carbons (Fsp3) is 0.571. The Morgan fingerprint density at radius 1 is 1.56 bits per heavy atom. The Balaban J connectivity index is 2.02. The Morgan fingerprint density at radius 3 is 2.83 bits per heavy atom. The van der Waals surface area contributed by atoms with Crippen LogP contribution in [-0.2, 0) is 0 Å². The molecule has 0 bridgehead atoms. The van der Waals surface area contributed by atoms with E-state index in [1.807, 2.05) is 12.2 Å². The molecule has 0 aromatic carbocycles. The average Bonchev–Trinajstić information content (AvgIpc) is 2.63. The van der Waals surface area contributed by atoms with Crippen LogP contribution in [0.3, 0.4) is 0 Å². The van der Waals surface area contributed by atoms with Crippen molar-refractivity contribution in [3.05, 3.63) is 23.4 Å². The van der Waals surface area contributed by atoms with Gasteiger partial charge in [0.2, 0.25) is 0 Å². The van der Waals surface area contributed by atoms with Crippen LogP contribution in [-0.4, -0.2) is 22.4 Å². The fourth-order valence-electron chi connectivity index (χ4n) is 3.22. The van der Waals surface area contributed by atoms with Gasteiger partial charge in [-0.3, -0.25) is 0 Å². The zero-order valence-electron chi connectivity index (χ0n) is 10.8. The largest absolute Gasteiger partial charge is 0.369 e. The van der Waals surface area contributed by atoms with Gasteiger partial charge in [0.1, 0.15) is 0 Å². The lowest BCUT2D eigenvalue weighted by Crippen LogP contribution is -2.54. The van der Waals surface area contributed by atoms with Gasteiger partial charge in [-0.15, -0.1) is 0 Å². The fourth-order valence-corrected chi connectivity index (χ4v) is 3.22. The first-order valence-electron chi connectivity index (χ1n) is 6.52. The molecular weight excluding hydrogens is 224 g/mol. The van der Waals surface area contributed by atoms with E-state index in [0.717, 1.165) is 24.1 Å². The monoisotopic (exact) mass is 242 g/mol. The van der Waals surface area contributed by atoms with Crippen LogP contribution in [0.25, 0.3) is 0 Å². The topological polar surface area (TPSA) is 65.4 Å². The van der Waals surface area contributed by atoms with Gasteiger partial charge < -0.3 is 10.6 Å². The average molecular weight is 242 g/mol. The van der Waals surface area contributed by atoms with Gasteiger partial charge in [0.05, 0.1) is 17.7 Å². The predicted octanol–water partition coefficient (Wildman–Crippen LogP) is 1.91. The van der Waals surface area contributed by atoms with E-state index < -0.39 is 0 Å². The summed E-state index contributed by atoms with van der Waals surface area (Å²) >= 11 is 0. The van der Waals surface area contributed by atoms with Crippen LogP contribution in [0.2, 0.25) is 0 Å². The molecule has 1 saturated carbocycles. The number of rotatable bonds is 1. The van der Waals surface area contributed by atoms with Gasteiger partial charge in [0, 0.05) is 17.2 Å². The van der Waals surface area contributed by atoms with Crippen LogP contribution in [0.4, 0.5) is 0 Å². The molecule has 0 aromatic heterocycles. The summed E-state index contributed by atoms with van der Waals surface area (Å²) in [5.74, 6) is 0.861. The van der Waals surface area contributed by atoms with Gasteiger partial charge >= 0.3 is 0 Å². The highest BCUT2D eigenvalue weighted by Crippen LogP contribution is 2.44. The van der Waals surface area contributed by atoms with Crippen LogP contribution in [0.1, 0.15) is 33.1 Å². The van der Waals surface area contributed by atoms with E-state index in [4.69, 9.17) is 11.0 Å². The van der Waals surface area contributed by atoms with Crippen LogP contribution in [0.5, 0.6) is 0 Å². The number of hydrogen-bond donors (Lipinski definition) is 1. The number of guanidine groups is 1. The Hall–Kier alpha value is -1.76. The summed E-state index contributed by atoms with van der Waals surface area (Å²) in [7, 11) is 0. The van der Waals surface area contributed by atoms with Crippen molar-refractivity contribution in [3.8, 4) is 6.07 Å². The molecule has 0 saturated heterocycles. The highest BCUT2D eigenvalue weighted by Gasteiger charge is 2.46. The summed E-state index contributed by atoms with van der Waals surface area (Å²) < 4.78 is 0. The van der Waals surface area contributed by atoms with E-state index in [1.165, 1.54) is 6.42 Å². The Labute approximate surface area is 107 Å². The van der Waals surface area contributed by atoms with Crippen molar-refractivity contribution in [3.63, 3.8) is 0 Å². The third kappa shape index (κ3) is 1.40. The van der Waals surface area contributed by atoms with Gasteiger partial charge in [-0.1, -0.05) is 13.0 Å². The second-order valence-electron chi connectivity index (χ2n) is 5.78. The van der Waals surface area contributed by atoms with Crippen molar-refractivity contribution in [2.75, 3.05) is 0 Å². The molecule has 0 amide bonds. The highest BCUT2D eigenvalue weighted by molar-refractivity contribution is 5.84. The SMILES string of the molecule is CC1C=C(C#N)C=C2C1N=C(N)N2C1(C)CCC1. The molecule has 2 unspecified atom stereocenters. The summed E-state index contributed by atoms with van der Waals surface area (Å²) in [6, 6.07) is 2.33. The quantitative estimate of drug-likeness (QED) is 0.764. The van der Waals surface area contributed by atoms with Crippen molar-refractivity contribution in [1.29, 1.82) is 5.26 Å². The Kier molecular flexibility index (Phi) is 2.28. The van der Waals surface area contributed by atoms with E-state index in [0.29, 0.717) is 5.96 Å². The predicted molar refractivity (Wildman–Crippen MR) is 70.4 cm³/mol. The molecule has 0 aromatic rings. The maximum atomic E-state index is 9.10. The van der Waals surface area contributed by atoms with Gasteiger partial charge in [0.25, 0.3) is 0 Å². The van der Waals surface area contributed by atoms with Crippen LogP contribution >= 0.6 is 0 Å². The molecule has 94 valence electrons. The van der Waals surface area contributed by atoms with Crippen molar-refractivity contribution in [2.45, 2.75) is 44.7 Å². The number of aliphatic imine (C=N–C) groups is 1. The summed E-state index contributed by atoms with van der Waals surface area (Å²) in [6.07, 6.45) is 7.48. The van der Waals surface area contributed by atoms with E-state index in [-0.39, 0.29) is 17.5 Å². The molecule has 3 rings (SSSR count). The first-order chi connectivity index (χ1) is 8.55. The summed E-state index contributed by atoms with van der Waals surface area (Å²) in [6.45, 7) is 4.33. The van der Waals surface area contributed by atoms with Gasteiger partial charge in [0.15, 0.2) is 5.96 Å². The Morgan fingerprint density at radius 2 is 2.28 bits per heavy atom.